The van der Waals surface area contributed by atoms with Gasteiger partial charge in [0.25, 0.3) is 5.91 Å². The van der Waals surface area contributed by atoms with E-state index in [0.717, 1.165) is 24.3 Å². The van der Waals surface area contributed by atoms with Crippen LogP contribution in [0.2, 0.25) is 0 Å². The van der Waals surface area contributed by atoms with Gasteiger partial charge in [-0.2, -0.15) is 5.10 Å². The third-order valence-electron chi connectivity index (χ3n) is 4.11. The number of hydrogen-bond donors (Lipinski definition) is 0. The van der Waals surface area contributed by atoms with Gasteiger partial charge in [0.2, 0.25) is 5.69 Å². The number of amides is 1. The zero-order chi connectivity index (χ0) is 17.9. The average molecular weight is 373 g/mol. The summed E-state index contributed by atoms with van der Waals surface area (Å²) in [5, 5.41) is 15.5. The van der Waals surface area contributed by atoms with Gasteiger partial charge >= 0.3 is 5.69 Å². The number of rotatable bonds is 7. The number of aryl methyl sites for hydroxylation is 2. The highest BCUT2D eigenvalue weighted by Crippen LogP contribution is 2.36. The summed E-state index contributed by atoms with van der Waals surface area (Å²) < 4.78 is 1.65. The molecule has 24 heavy (non-hydrogen) atoms. The molecule has 1 aromatic heterocycles. The van der Waals surface area contributed by atoms with Crippen molar-refractivity contribution in [2.24, 2.45) is 7.05 Å². The third kappa shape index (κ3) is 3.72. The number of thioether (sulfide) groups is 2. The van der Waals surface area contributed by atoms with Crippen molar-refractivity contribution in [2.45, 2.75) is 44.2 Å². The first-order valence-electron chi connectivity index (χ1n) is 8.14. The summed E-state index contributed by atoms with van der Waals surface area (Å²) in [4.78, 5) is 25.8. The lowest BCUT2D eigenvalue weighted by molar-refractivity contribution is -0.385. The molecule has 1 aromatic rings. The molecule has 1 amide bonds. The van der Waals surface area contributed by atoms with Gasteiger partial charge in [0.05, 0.1) is 15.5 Å². The van der Waals surface area contributed by atoms with Gasteiger partial charge in [-0.05, 0) is 31.3 Å². The molecule has 134 valence electrons. The highest BCUT2D eigenvalue weighted by Gasteiger charge is 2.39. The quantitative estimate of drug-likeness (QED) is 0.416. The predicted octanol–water partition coefficient (Wildman–Crippen LogP) is 3.07. The van der Waals surface area contributed by atoms with Gasteiger partial charge in [-0.25, -0.2) is 0 Å². The van der Waals surface area contributed by atoms with Crippen LogP contribution in [0.5, 0.6) is 0 Å². The Balaban J connectivity index is 2.33. The smallest absolute Gasteiger partial charge is 0.322 e. The second-order valence-electron chi connectivity index (χ2n) is 5.65. The van der Waals surface area contributed by atoms with E-state index in [1.807, 2.05) is 28.4 Å². The van der Waals surface area contributed by atoms with Gasteiger partial charge in [-0.3, -0.25) is 19.6 Å². The molecule has 0 radical (unpaired) electrons. The van der Waals surface area contributed by atoms with Crippen LogP contribution in [0.4, 0.5) is 5.69 Å². The molecule has 0 aromatic carbocycles. The second kappa shape index (κ2) is 8.24. The summed E-state index contributed by atoms with van der Waals surface area (Å²) in [5.74, 6) is 1.70. The van der Waals surface area contributed by atoms with Gasteiger partial charge in [-0.1, -0.05) is 13.8 Å². The lowest BCUT2D eigenvalue weighted by Gasteiger charge is -2.30. The lowest BCUT2D eigenvalue weighted by Crippen LogP contribution is -2.41. The molecule has 0 spiro atoms. The Hall–Kier alpha value is -1.22. The fourth-order valence-corrected chi connectivity index (χ4v) is 6.04. The highest BCUT2D eigenvalue weighted by molar-refractivity contribution is 8.17. The van der Waals surface area contributed by atoms with Crippen molar-refractivity contribution in [3.05, 3.63) is 21.5 Å². The van der Waals surface area contributed by atoms with Crippen LogP contribution in [0, 0.1) is 17.0 Å². The van der Waals surface area contributed by atoms with E-state index >= 15 is 0 Å². The Morgan fingerprint density at radius 1 is 1.42 bits per heavy atom. The van der Waals surface area contributed by atoms with E-state index in [1.54, 1.807) is 14.0 Å². The van der Waals surface area contributed by atoms with E-state index in [2.05, 4.69) is 18.9 Å². The Labute approximate surface area is 150 Å². The minimum atomic E-state index is -0.500. The van der Waals surface area contributed by atoms with Gasteiger partial charge < -0.3 is 4.90 Å². The van der Waals surface area contributed by atoms with Crippen LogP contribution in [-0.4, -0.2) is 54.2 Å². The molecule has 0 unspecified atom stereocenters. The van der Waals surface area contributed by atoms with Crippen LogP contribution < -0.4 is 0 Å². The third-order valence-corrected chi connectivity index (χ3v) is 6.88. The molecule has 1 aliphatic heterocycles. The van der Waals surface area contributed by atoms with Crippen molar-refractivity contribution in [3.8, 4) is 0 Å². The zero-order valence-corrected chi connectivity index (χ0v) is 16.2. The molecule has 0 saturated carbocycles. The molecule has 0 aliphatic carbocycles. The molecule has 9 heteroatoms. The Morgan fingerprint density at radius 3 is 2.58 bits per heavy atom. The van der Waals surface area contributed by atoms with Crippen LogP contribution >= 0.6 is 23.5 Å². The topological polar surface area (TPSA) is 81.3 Å². The second-order valence-corrected chi connectivity index (χ2v) is 8.79. The summed E-state index contributed by atoms with van der Waals surface area (Å²) >= 11 is 3.69. The molecule has 1 aliphatic rings. The maximum atomic E-state index is 13.1. The molecule has 1 saturated heterocycles. The Morgan fingerprint density at radius 2 is 2.04 bits per heavy atom. The molecule has 1 fully saturated rings. The number of likely N-dealkylation sites (tertiary alicyclic amines) is 1. The summed E-state index contributed by atoms with van der Waals surface area (Å²) in [5.41, 5.74) is 0.200. The first kappa shape index (κ1) is 19.1. The van der Waals surface area contributed by atoms with E-state index < -0.39 is 4.92 Å². The van der Waals surface area contributed by atoms with Crippen molar-refractivity contribution in [1.82, 2.24) is 14.7 Å². The van der Waals surface area contributed by atoms with Crippen LogP contribution in [-0.2, 0) is 7.05 Å². The van der Waals surface area contributed by atoms with Gasteiger partial charge in [-0.15, -0.1) is 23.5 Å². The summed E-state index contributed by atoms with van der Waals surface area (Å²) in [6.07, 6.45) is 1.88. The minimum absolute atomic E-state index is 0.0890. The lowest BCUT2D eigenvalue weighted by atomic mass is 10.2. The normalized spacial score (nSPS) is 17.7. The first-order valence-corrected chi connectivity index (χ1v) is 10.2. The van der Waals surface area contributed by atoms with Crippen LogP contribution in [0.15, 0.2) is 0 Å². The van der Waals surface area contributed by atoms with Crippen LogP contribution in [0.1, 0.15) is 42.9 Å². The Kier molecular flexibility index (Phi) is 6.56. The fourth-order valence-electron chi connectivity index (χ4n) is 3.17. The van der Waals surface area contributed by atoms with Crippen molar-refractivity contribution in [2.75, 3.05) is 18.1 Å². The molecular weight excluding hydrogens is 348 g/mol. The summed E-state index contributed by atoms with van der Waals surface area (Å²) in [6, 6.07) is 0.113. The molecular formula is C15H24N4O3S2. The predicted molar refractivity (Wildman–Crippen MR) is 98.7 cm³/mol. The van der Waals surface area contributed by atoms with E-state index in [9.17, 15) is 14.9 Å². The standard InChI is InChI=1S/C15H24N4O3S2/c1-5-23-15(24-6-2)11-8-7-9-18(11)14(20)13-12(19(21)22)10(3)16-17(13)4/h11,15H,5-9H2,1-4H3/t11-/m0/s1. The van der Waals surface area contributed by atoms with E-state index in [0.29, 0.717) is 11.1 Å². The van der Waals surface area contributed by atoms with Crippen molar-refractivity contribution in [3.63, 3.8) is 0 Å². The Bertz CT molecular complexity index is 614. The molecule has 0 N–H and O–H groups in total. The maximum Gasteiger partial charge on any atom is 0.322 e. The summed E-state index contributed by atoms with van der Waals surface area (Å²) in [6.45, 7) is 6.45. The van der Waals surface area contributed by atoms with E-state index in [-0.39, 0.29) is 29.0 Å². The van der Waals surface area contributed by atoms with Gasteiger partial charge in [0, 0.05) is 13.6 Å². The number of nitrogens with zero attached hydrogens (tertiary/aromatic N) is 4. The van der Waals surface area contributed by atoms with Crippen molar-refractivity contribution >= 4 is 35.1 Å². The molecule has 0 bridgehead atoms. The largest absolute Gasteiger partial charge is 0.332 e. The zero-order valence-electron chi connectivity index (χ0n) is 14.5. The van der Waals surface area contributed by atoms with Crippen molar-refractivity contribution < 1.29 is 9.72 Å². The molecule has 7 nitrogen and oxygen atoms in total. The van der Waals surface area contributed by atoms with Gasteiger partial charge in [0.1, 0.15) is 5.69 Å². The van der Waals surface area contributed by atoms with Gasteiger partial charge in [0.15, 0.2) is 0 Å². The van der Waals surface area contributed by atoms with E-state index in [4.69, 9.17) is 0 Å². The minimum Gasteiger partial charge on any atom is -0.332 e. The number of carbonyl (C=O) groups is 1. The van der Waals surface area contributed by atoms with E-state index in [1.165, 1.54) is 4.68 Å². The first-order chi connectivity index (χ1) is 11.4. The van der Waals surface area contributed by atoms with Crippen molar-refractivity contribution in [1.29, 1.82) is 0 Å². The molecule has 1 atom stereocenters. The van der Waals surface area contributed by atoms with Crippen LogP contribution in [0.25, 0.3) is 0 Å². The molecule has 2 rings (SSSR count). The number of carbonyl (C=O) groups excluding carboxylic acids is 1. The highest BCUT2D eigenvalue weighted by atomic mass is 32.2. The number of hydrogen-bond acceptors (Lipinski definition) is 6. The summed E-state index contributed by atoms with van der Waals surface area (Å²) in [7, 11) is 1.59. The molecule has 2 heterocycles. The fraction of sp³-hybridized carbons (Fsp3) is 0.733. The SMILES string of the molecule is CCSC(SCC)[C@@H]1CCCN1C(=O)c1c([N+](=O)[O-])c(C)nn1C. The average Bonchev–Trinajstić information content (AvgIpc) is 3.10. The number of nitro groups is 1. The maximum absolute atomic E-state index is 13.1. The monoisotopic (exact) mass is 372 g/mol. The number of aromatic nitrogens is 2. The van der Waals surface area contributed by atoms with Crippen LogP contribution in [0.3, 0.4) is 0 Å².